The molecule has 0 amide bonds. The number of aliphatic hydroxyl groups is 1. The molecule has 0 spiro atoms. The number of aliphatic hydroxyl groups excluding tert-OH is 1. The van der Waals surface area contributed by atoms with Crippen LogP contribution in [0.4, 0.5) is 0 Å². The van der Waals surface area contributed by atoms with Crippen LogP contribution < -0.4 is 0 Å². The number of allylic oxidation sites excluding steroid dienone is 1. The molecule has 2 rings (SSSR count). The molecule has 0 saturated heterocycles. The maximum Gasteiger partial charge on any atom is 0.337 e. The molecule has 1 aliphatic heterocycles. The summed E-state index contributed by atoms with van der Waals surface area (Å²) < 4.78 is 15.0. The van der Waals surface area contributed by atoms with Crippen molar-refractivity contribution < 1.29 is 39.1 Å². The molecule has 2 atom stereocenters. The van der Waals surface area contributed by atoms with Gasteiger partial charge in [-0.3, -0.25) is 4.79 Å². The number of carbonyl (C=O) groups is 2. The zero-order chi connectivity index (χ0) is 20.7. The largest absolute Gasteiger partial charge is 0.504 e. The van der Waals surface area contributed by atoms with Crippen LogP contribution >= 0.6 is 0 Å². The average molecular weight is 392 g/mol. The highest BCUT2D eigenvalue weighted by Gasteiger charge is 2.35. The number of esters is 2. The fraction of sp³-hybridized carbons (Fsp3) is 0.400. The van der Waals surface area contributed by atoms with Crippen LogP contribution in [0.2, 0.25) is 0 Å². The lowest BCUT2D eigenvalue weighted by Gasteiger charge is -2.29. The maximum absolute atomic E-state index is 12.5. The standard InChI is InChI=1S/C20H24O8/c1-3-13-14(10-18(23)26-2)15(11-28-19(13)24)20(25)27-8-4-5-12-6-7-16(21)17(22)9-12/h3,6-7,9,11,14,19,21-22,24H,4-5,8,10H2,1-2H3/b13-3-. The van der Waals surface area contributed by atoms with E-state index in [2.05, 4.69) is 4.74 Å². The molecule has 0 aromatic heterocycles. The van der Waals surface area contributed by atoms with Gasteiger partial charge in [0.25, 0.3) is 0 Å². The molecule has 0 fully saturated rings. The van der Waals surface area contributed by atoms with Crippen molar-refractivity contribution in [3.63, 3.8) is 0 Å². The number of methoxy groups -OCH3 is 1. The monoisotopic (exact) mass is 392 g/mol. The van der Waals surface area contributed by atoms with E-state index in [0.717, 1.165) is 11.8 Å². The van der Waals surface area contributed by atoms with Gasteiger partial charge in [-0.25, -0.2) is 4.79 Å². The van der Waals surface area contributed by atoms with Crippen LogP contribution in [-0.4, -0.2) is 47.3 Å². The molecule has 0 bridgehead atoms. The minimum Gasteiger partial charge on any atom is -0.504 e. The second kappa shape index (κ2) is 9.80. The summed E-state index contributed by atoms with van der Waals surface area (Å²) in [6, 6.07) is 4.50. The fourth-order valence-corrected chi connectivity index (χ4v) is 2.91. The average Bonchev–Trinajstić information content (AvgIpc) is 2.68. The van der Waals surface area contributed by atoms with Crippen molar-refractivity contribution in [3.05, 3.63) is 47.2 Å². The Labute approximate surface area is 162 Å². The SMILES string of the molecule is C/C=C1\C(O)OC=C(C(=O)OCCCc2ccc(O)c(O)c2)C1CC(=O)OC. The van der Waals surface area contributed by atoms with Crippen LogP contribution in [0.15, 0.2) is 41.7 Å². The predicted octanol–water partition coefficient (Wildman–Crippen LogP) is 1.93. The minimum atomic E-state index is -1.24. The third-order valence-electron chi connectivity index (χ3n) is 4.44. The summed E-state index contributed by atoms with van der Waals surface area (Å²) in [4.78, 5) is 24.1. The highest BCUT2D eigenvalue weighted by atomic mass is 16.6. The van der Waals surface area contributed by atoms with E-state index in [9.17, 15) is 24.9 Å². The van der Waals surface area contributed by atoms with E-state index in [1.807, 2.05) is 0 Å². The molecule has 152 valence electrons. The first kappa shape index (κ1) is 21.3. The smallest absolute Gasteiger partial charge is 0.337 e. The molecule has 0 saturated carbocycles. The lowest BCUT2D eigenvalue weighted by Crippen LogP contribution is -2.31. The van der Waals surface area contributed by atoms with E-state index < -0.39 is 24.1 Å². The molecule has 1 aromatic carbocycles. The van der Waals surface area contributed by atoms with Gasteiger partial charge in [0.1, 0.15) is 0 Å². The Morgan fingerprint density at radius 1 is 1.25 bits per heavy atom. The second-order valence-electron chi connectivity index (χ2n) is 6.25. The van der Waals surface area contributed by atoms with Crippen molar-refractivity contribution in [1.29, 1.82) is 0 Å². The molecular weight excluding hydrogens is 368 g/mol. The van der Waals surface area contributed by atoms with E-state index in [-0.39, 0.29) is 30.1 Å². The van der Waals surface area contributed by atoms with E-state index >= 15 is 0 Å². The summed E-state index contributed by atoms with van der Waals surface area (Å²) >= 11 is 0. The molecule has 28 heavy (non-hydrogen) atoms. The quantitative estimate of drug-likeness (QED) is 0.278. The number of phenols is 2. The van der Waals surface area contributed by atoms with Crippen molar-refractivity contribution in [3.8, 4) is 11.5 Å². The van der Waals surface area contributed by atoms with Crippen molar-refractivity contribution in [2.45, 2.75) is 32.5 Å². The van der Waals surface area contributed by atoms with Crippen molar-refractivity contribution in [2.24, 2.45) is 5.92 Å². The van der Waals surface area contributed by atoms with Crippen LogP contribution in [-0.2, 0) is 30.2 Å². The van der Waals surface area contributed by atoms with Crippen LogP contribution in [0, 0.1) is 5.92 Å². The number of rotatable bonds is 7. The van der Waals surface area contributed by atoms with E-state index in [1.165, 1.54) is 19.2 Å². The molecule has 8 nitrogen and oxygen atoms in total. The Kier molecular flexibility index (Phi) is 7.45. The third kappa shape index (κ3) is 5.26. The third-order valence-corrected chi connectivity index (χ3v) is 4.44. The minimum absolute atomic E-state index is 0.108. The second-order valence-corrected chi connectivity index (χ2v) is 6.25. The number of phenolic OH excluding ortho intramolecular Hbond substituents is 2. The van der Waals surface area contributed by atoms with Gasteiger partial charge in [-0.1, -0.05) is 12.1 Å². The fourth-order valence-electron chi connectivity index (χ4n) is 2.91. The number of hydrogen-bond acceptors (Lipinski definition) is 8. The van der Waals surface area contributed by atoms with Gasteiger partial charge in [0.2, 0.25) is 6.29 Å². The van der Waals surface area contributed by atoms with Crippen molar-refractivity contribution >= 4 is 11.9 Å². The lowest BCUT2D eigenvalue weighted by atomic mass is 9.86. The lowest BCUT2D eigenvalue weighted by molar-refractivity contribution is -0.143. The van der Waals surface area contributed by atoms with Gasteiger partial charge in [0.05, 0.1) is 32.0 Å². The number of benzene rings is 1. The normalized spacial score (nSPS) is 20.2. The Bertz CT molecular complexity index is 780. The number of aromatic hydroxyl groups is 2. The zero-order valence-corrected chi connectivity index (χ0v) is 15.8. The van der Waals surface area contributed by atoms with Gasteiger partial charge in [-0.2, -0.15) is 0 Å². The molecule has 1 aliphatic rings. The molecule has 1 aromatic rings. The van der Waals surface area contributed by atoms with Crippen LogP contribution in [0.1, 0.15) is 25.3 Å². The molecule has 0 aliphatic carbocycles. The van der Waals surface area contributed by atoms with Gasteiger partial charge in [0, 0.05) is 11.5 Å². The van der Waals surface area contributed by atoms with E-state index in [1.54, 1.807) is 19.1 Å². The van der Waals surface area contributed by atoms with Crippen molar-refractivity contribution in [2.75, 3.05) is 13.7 Å². The van der Waals surface area contributed by atoms with Gasteiger partial charge < -0.3 is 29.5 Å². The summed E-state index contributed by atoms with van der Waals surface area (Å²) in [5, 5.41) is 28.7. The van der Waals surface area contributed by atoms with Gasteiger partial charge in [0.15, 0.2) is 11.5 Å². The van der Waals surface area contributed by atoms with Gasteiger partial charge in [-0.15, -0.1) is 0 Å². The summed E-state index contributed by atoms with van der Waals surface area (Å²) in [5.74, 6) is -2.26. The molecule has 2 unspecified atom stereocenters. The molecule has 1 heterocycles. The number of ether oxygens (including phenoxy) is 3. The highest BCUT2D eigenvalue weighted by Crippen LogP contribution is 2.33. The number of aryl methyl sites for hydroxylation is 1. The van der Waals surface area contributed by atoms with Crippen LogP contribution in [0.25, 0.3) is 0 Å². The summed E-state index contributed by atoms with van der Waals surface area (Å²) in [7, 11) is 1.25. The van der Waals surface area contributed by atoms with Gasteiger partial charge >= 0.3 is 11.9 Å². The predicted molar refractivity (Wildman–Crippen MR) is 98.1 cm³/mol. The molecule has 3 N–H and O–H groups in total. The van der Waals surface area contributed by atoms with E-state index in [4.69, 9.17) is 9.47 Å². The van der Waals surface area contributed by atoms with Crippen LogP contribution in [0.3, 0.4) is 0 Å². The highest BCUT2D eigenvalue weighted by molar-refractivity contribution is 5.90. The Morgan fingerprint density at radius 2 is 2.00 bits per heavy atom. The zero-order valence-electron chi connectivity index (χ0n) is 15.8. The molecule has 8 heteroatoms. The number of carbonyl (C=O) groups excluding carboxylic acids is 2. The first-order valence-electron chi connectivity index (χ1n) is 8.81. The van der Waals surface area contributed by atoms with Crippen LogP contribution in [0.5, 0.6) is 11.5 Å². The molecular formula is C20H24O8. The first-order valence-corrected chi connectivity index (χ1v) is 8.81. The molecule has 0 radical (unpaired) electrons. The Hall–Kier alpha value is -3.00. The maximum atomic E-state index is 12.5. The van der Waals surface area contributed by atoms with Gasteiger partial charge in [-0.05, 0) is 37.5 Å². The van der Waals surface area contributed by atoms with E-state index in [0.29, 0.717) is 18.4 Å². The summed E-state index contributed by atoms with van der Waals surface area (Å²) in [5.41, 5.74) is 1.31. The Balaban J connectivity index is 1.96. The Morgan fingerprint density at radius 3 is 2.64 bits per heavy atom. The van der Waals surface area contributed by atoms with Crippen molar-refractivity contribution in [1.82, 2.24) is 0 Å². The summed E-state index contributed by atoms with van der Waals surface area (Å²) in [6.07, 6.45) is 2.37. The first-order chi connectivity index (χ1) is 13.4. The topological polar surface area (TPSA) is 123 Å². The summed E-state index contributed by atoms with van der Waals surface area (Å²) in [6.45, 7) is 1.78. The number of hydrogen-bond donors (Lipinski definition) is 3.